The van der Waals surface area contributed by atoms with Gasteiger partial charge < -0.3 is 30.4 Å². The summed E-state index contributed by atoms with van der Waals surface area (Å²) in [5.41, 5.74) is 1.14. The van der Waals surface area contributed by atoms with E-state index in [-0.39, 0.29) is 30.1 Å². The molecule has 6 atom stereocenters. The van der Waals surface area contributed by atoms with Crippen molar-refractivity contribution in [3.63, 3.8) is 0 Å². The molecule has 3 fully saturated rings. The largest absolute Gasteiger partial charge is 0.496 e. The van der Waals surface area contributed by atoms with E-state index >= 15 is 0 Å². The minimum Gasteiger partial charge on any atom is -0.496 e. The van der Waals surface area contributed by atoms with E-state index in [0.717, 1.165) is 30.2 Å². The lowest BCUT2D eigenvalue weighted by Gasteiger charge is -2.29. The summed E-state index contributed by atoms with van der Waals surface area (Å²) in [4.78, 5) is 57.2. The summed E-state index contributed by atoms with van der Waals surface area (Å²) < 4.78 is 5.42. The van der Waals surface area contributed by atoms with Gasteiger partial charge in [0.25, 0.3) is 5.91 Å². The number of amides is 3. The molecule has 10 heteroatoms. The van der Waals surface area contributed by atoms with Crippen molar-refractivity contribution in [1.29, 1.82) is 0 Å². The Bertz CT molecular complexity index is 1220. The quantitative estimate of drug-likeness (QED) is 0.423. The van der Waals surface area contributed by atoms with Crippen LogP contribution in [-0.2, 0) is 14.4 Å². The van der Waals surface area contributed by atoms with Crippen molar-refractivity contribution in [2.24, 2.45) is 17.8 Å². The summed E-state index contributed by atoms with van der Waals surface area (Å²) in [5, 5.41) is 16.3. The SMILES string of the molecule is COc1cccc2[nH]c(C(=O)N3CC4CCCC4C3C(=O)NC(C[C@@H]3CCNC3=O)C(=O)C(C)O)cc12. The number of H-pyrrole nitrogens is 1. The van der Waals surface area contributed by atoms with E-state index in [0.29, 0.717) is 31.0 Å². The number of aromatic nitrogens is 1. The topological polar surface area (TPSA) is 141 Å². The number of aliphatic hydroxyl groups is 1. The van der Waals surface area contributed by atoms with Crippen LogP contribution in [0.25, 0.3) is 10.9 Å². The van der Waals surface area contributed by atoms with Gasteiger partial charge in [-0.25, -0.2) is 0 Å². The second kappa shape index (κ2) is 10.2. The smallest absolute Gasteiger partial charge is 0.271 e. The number of Topliss-reactive ketones (excluding diaryl/α,β-unsaturated/α-hetero) is 1. The third-order valence-electron chi connectivity index (χ3n) is 8.25. The van der Waals surface area contributed by atoms with Gasteiger partial charge in [0.2, 0.25) is 11.8 Å². The molecule has 198 valence electrons. The molecule has 3 heterocycles. The van der Waals surface area contributed by atoms with Crippen molar-refractivity contribution >= 4 is 34.4 Å². The highest BCUT2D eigenvalue weighted by Crippen LogP contribution is 2.43. The zero-order chi connectivity index (χ0) is 26.3. The molecule has 1 aromatic carbocycles. The van der Waals surface area contributed by atoms with Gasteiger partial charge >= 0.3 is 0 Å². The number of carbonyl (C=O) groups is 4. The second-order valence-corrected chi connectivity index (χ2v) is 10.5. The van der Waals surface area contributed by atoms with Crippen LogP contribution in [0.5, 0.6) is 5.75 Å². The summed E-state index contributed by atoms with van der Waals surface area (Å²) in [6.45, 7) is 2.35. The number of hydrogen-bond acceptors (Lipinski definition) is 6. The number of hydrogen-bond donors (Lipinski definition) is 4. The second-order valence-electron chi connectivity index (χ2n) is 10.5. The number of ketones is 1. The van der Waals surface area contributed by atoms with Crippen LogP contribution in [0, 0.1) is 17.8 Å². The van der Waals surface area contributed by atoms with Gasteiger partial charge in [-0.3, -0.25) is 19.2 Å². The van der Waals surface area contributed by atoms with Gasteiger partial charge in [0.05, 0.1) is 13.2 Å². The molecule has 0 spiro atoms. The Morgan fingerprint density at radius 3 is 2.76 bits per heavy atom. The highest BCUT2D eigenvalue weighted by molar-refractivity contribution is 6.02. The van der Waals surface area contributed by atoms with Crippen molar-refractivity contribution in [1.82, 2.24) is 20.5 Å². The van der Waals surface area contributed by atoms with Gasteiger partial charge in [0, 0.05) is 29.9 Å². The molecule has 5 rings (SSSR count). The van der Waals surface area contributed by atoms with Gasteiger partial charge in [0.15, 0.2) is 5.78 Å². The van der Waals surface area contributed by atoms with Crippen molar-refractivity contribution in [3.05, 3.63) is 30.0 Å². The van der Waals surface area contributed by atoms with E-state index in [1.54, 1.807) is 18.1 Å². The van der Waals surface area contributed by atoms with Crippen LogP contribution in [0.2, 0.25) is 0 Å². The van der Waals surface area contributed by atoms with Crippen LogP contribution in [-0.4, -0.2) is 76.9 Å². The van der Waals surface area contributed by atoms with E-state index in [1.165, 1.54) is 6.92 Å². The number of nitrogens with zero attached hydrogens (tertiary/aromatic N) is 1. The number of aliphatic hydroxyl groups excluding tert-OH is 1. The van der Waals surface area contributed by atoms with E-state index in [4.69, 9.17) is 4.74 Å². The molecule has 3 aliphatic rings. The molecule has 1 aromatic heterocycles. The molecular weight excluding hydrogens is 476 g/mol. The number of aromatic amines is 1. The number of carbonyl (C=O) groups excluding carboxylic acids is 4. The van der Waals surface area contributed by atoms with E-state index < -0.39 is 35.8 Å². The lowest BCUT2D eigenvalue weighted by molar-refractivity contribution is -0.135. The summed E-state index contributed by atoms with van der Waals surface area (Å²) >= 11 is 0. The number of likely N-dealkylation sites (tertiary alicyclic amines) is 1. The predicted molar refractivity (Wildman–Crippen MR) is 135 cm³/mol. The third-order valence-corrected chi connectivity index (χ3v) is 8.25. The van der Waals surface area contributed by atoms with Gasteiger partial charge in [-0.05, 0) is 62.6 Å². The lowest BCUT2D eigenvalue weighted by atomic mass is 9.91. The molecule has 1 saturated carbocycles. The first-order chi connectivity index (χ1) is 17.8. The minimum absolute atomic E-state index is 0.0000503. The number of fused-ring (bicyclic) bond motifs is 2. The molecule has 2 aromatic rings. The van der Waals surface area contributed by atoms with Crippen LogP contribution in [0.15, 0.2) is 24.3 Å². The average Bonchev–Trinajstić information content (AvgIpc) is 3.66. The van der Waals surface area contributed by atoms with E-state index in [1.807, 2.05) is 18.2 Å². The minimum atomic E-state index is -1.28. The zero-order valence-corrected chi connectivity index (χ0v) is 21.2. The highest BCUT2D eigenvalue weighted by Gasteiger charge is 2.50. The van der Waals surface area contributed by atoms with Gasteiger partial charge in [-0.1, -0.05) is 12.5 Å². The summed E-state index contributed by atoms with van der Waals surface area (Å²) in [5.74, 6) is -0.916. The zero-order valence-electron chi connectivity index (χ0n) is 21.2. The maximum atomic E-state index is 13.7. The maximum Gasteiger partial charge on any atom is 0.271 e. The molecule has 4 N–H and O–H groups in total. The summed E-state index contributed by atoms with van der Waals surface area (Å²) in [6, 6.07) is 5.55. The number of ether oxygens (including phenoxy) is 1. The average molecular weight is 511 g/mol. The molecular formula is C27H34N4O6. The molecule has 2 saturated heterocycles. The van der Waals surface area contributed by atoms with Gasteiger partial charge in [0.1, 0.15) is 23.6 Å². The molecule has 10 nitrogen and oxygen atoms in total. The summed E-state index contributed by atoms with van der Waals surface area (Å²) in [7, 11) is 1.57. The number of nitrogens with one attached hydrogen (secondary N) is 3. The Hall–Kier alpha value is -3.40. The highest BCUT2D eigenvalue weighted by atomic mass is 16.5. The lowest BCUT2D eigenvalue weighted by Crippen LogP contribution is -2.54. The van der Waals surface area contributed by atoms with Crippen LogP contribution < -0.4 is 15.4 Å². The first-order valence-electron chi connectivity index (χ1n) is 13.0. The monoisotopic (exact) mass is 510 g/mol. The Balaban J connectivity index is 1.40. The number of methoxy groups -OCH3 is 1. The molecule has 0 bridgehead atoms. The van der Waals surface area contributed by atoms with Crippen molar-refractivity contribution in [2.45, 2.75) is 57.2 Å². The molecule has 3 amide bonds. The fourth-order valence-corrected chi connectivity index (χ4v) is 6.37. The molecule has 1 aliphatic carbocycles. The van der Waals surface area contributed by atoms with Crippen molar-refractivity contribution in [3.8, 4) is 5.75 Å². The van der Waals surface area contributed by atoms with Crippen LogP contribution in [0.1, 0.15) is 49.5 Å². The van der Waals surface area contributed by atoms with E-state index in [9.17, 15) is 24.3 Å². The molecule has 37 heavy (non-hydrogen) atoms. The van der Waals surface area contributed by atoms with E-state index in [2.05, 4.69) is 15.6 Å². The molecule has 5 unspecified atom stereocenters. The van der Waals surface area contributed by atoms with Crippen LogP contribution in [0.4, 0.5) is 0 Å². The normalized spacial score (nSPS) is 26.6. The summed E-state index contributed by atoms with van der Waals surface area (Å²) in [6.07, 6.45) is 2.17. The predicted octanol–water partition coefficient (Wildman–Crippen LogP) is 1.38. The van der Waals surface area contributed by atoms with Gasteiger partial charge in [-0.15, -0.1) is 0 Å². The third kappa shape index (κ3) is 4.70. The van der Waals surface area contributed by atoms with Crippen LogP contribution >= 0.6 is 0 Å². The Kier molecular flexibility index (Phi) is 6.94. The molecule has 0 radical (unpaired) electrons. The molecule has 2 aliphatic heterocycles. The Morgan fingerprint density at radius 2 is 2.05 bits per heavy atom. The number of benzene rings is 1. The van der Waals surface area contributed by atoms with Crippen LogP contribution in [0.3, 0.4) is 0 Å². The number of rotatable bonds is 8. The first-order valence-corrected chi connectivity index (χ1v) is 13.0. The first kappa shape index (κ1) is 25.3. The maximum absolute atomic E-state index is 13.7. The fourth-order valence-electron chi connectivity index (χ4n) is 6.37. The van der Waals surface area contributed by atoms with Crippen molar-refractivity contribution in [2.75, 3.05) is 20.2 Å². The Labute approximate surface area is 215 Å². The van der Waals surface area contributed by atoms with Crippen molar-refractivity contribution < 1.29 is 29.0 Å². The fraction of sp³-hybridized carbons (Fsp3) is 0.556. The van der Waals surface area contributed by atoms with Gasteiger partial charge in [-0.2, -0.15) is 0 Å². The standard InChI is InChI=1S/C27H34N4O6/c1-14(32)24(33)20(11-15-9-10-28-25(15)34)30-26(35)23-17-6-3-5-16(17)13-31(23)27(36)21-12-18-19(29-21)7-4-8-22(18)37-2/h4,7-8,12,14-17,20,23,29,32H,3,5-6,9-11,13H2,1-2H3,(H,28,34)(H,30,35)/t14?,15-,16?,17?,20?,23?/m0/s1. The Morgan fingerprint density at radius 1 is 1.24 bits per heavy atom.